The summed E-state index contributed by atoms with van der Waals surface area (Å²) < 4.78 is 31.9. The van der Waals surface area contributed by atoms with Crippen molar-refractivity contribution in [3.05, 3.63) is 64.6 Å². The summed E-state index contributed by atoms with van der Waals surface area (Å²) in [5.41, 5.74) is 4.58. The molecule has 7 heteroatoms. The normalized spacial score (nSPS) is 16.0. The average Bonchev–Trinajstić information content (AvgIpc) is 2.93. The lowest BCUT2D eigenvalue weighted by atomic mass is 9.94. The summed E-state index contributed by atoms with van der Waals surface area (Å²) in [6.45, 7) is 7.48. The van der Waals surface area contributed by atoms with Gasteiger partial charge < -0.3 is 19.1 Å². The molecule has 1 fully saturated rings. The van der Waals surface area contributed by atoms with Crippen molar-refractivity contribution in [2.24, 2.45) is 5.92 Å². The molecule has 0 atom stereocenters. The number of carbonyl (C=O) groups is 1. The fourth-order valence-corrected chi connectivity index (χ4v) is 5.22. The van der Waals surface area contributed by atoms with Crippen molar-refractivity contribution in [2.75, 3.05) is 26.4 Å². The Kier molecular flexibility index (Phi) is 7.89. The van der Waals surface area contributed by atoms with Gasteiger partial charge in [0.1, 0.15) is 23.9 Å². The summed E-state index contributed by atoms with van der Waals surface area (Å²) in [7, 11) is 0. The number of amides is 1. The van der Waals surface area contributed by atoms with E-state index >= 15 is 0 Å². The van der Waals surface area contributed by atoms with Crippen LogP contribution >= 0.6 is 0 Å². The van der Waals surface area contributed by atoms with Gasteiger partial charge in [-0.2, -0.15) is 0 Å². The lowest BCUT2D eigenvalue weighted by Gasteiger charge is -2.33. The first-order valence-corrected chi connectivity index (χ1v) is 13.4. The number of aromatic nitrogens is 1. The van der Waals surface area contributed by atoms with Crippen LogP contribution in [0.15, 0.2) is 36.4 Å². The molecule has 2 aliphatic rings. The van der Waals surface area contributed by atoms with Crippen LogP contribution < -0.4 is 9.47 Å². The molecule has 1 saturated heterocycles. The standard InChI is InChI=1S/C30H35FN2O4/c1-3-4-14-36-29-20(2)27(32-26-9-8-23(31)17-24(26)29)19-37-28-7-5-6-21-10-13-33(18-25(21)28)30(34)22-11-15-35-16-12-22/h5-9,17,22H,3-4,10-16,18-19H2,1-2H3. The number of nitrogens with zero attached hydrogens (tertiary/aromatic N) is 2. The van der Waals surface area contributed by atoms with Crippen LogP contribution in [0.4, 0.5) is 4.39 Å². The topological polar surface area (TPSA) is 60.9 Å². The Labute approximate surface area is 217 Å². The number of benzene rings is 2. The predicted octanol–water partition coefficient (Wildman–Crippen LogP) is 5.75. The molecule has 3 aromatic rings. The second kappa shape index (κ2) is 11.5. The van der Waals surface area contributed by atoms with E-state index in [4.69, 9.17) is 19.2 Å². The molecule has 196 valence electrons. The largest absolute Gasteiger partial charge is 0.493 e. The van der Waals surface area contributed by atoms with Gasteiger partial charge in [0.2, 0.25) is 5.91 Å². The lowest BCUT2D eigenvalue weighted by Crippen LogP contribution is -2.41. The molecule has 0 N–H and O–H groups in total. The highest BCUT2D eigenvalue weighted by Crippen LogP contribution is 2.34. The van der Waals surface area contributed by atoms with Crippen molar-refractivity contribution in [3.8, 4) is 11.5 Å². The summed E-state index contributed by atoms with van der Waals surface area (Å²) in [6.07, 6.45) is 4.33. The molecule has 2 aliphatic heterocycles. The minimum Gasteiger partial charge on any atom is -0.493 e. The summed E-state index contributed by atoms with van der Waals surface area (Å²) in [4.78, 5) is 19.9. The minimum absolute atomic E-state index is 0.0452. The minimum atomic E-state index is -0.311. The van der Waals surface area contributed by atoms with Crippen molar-refractivity contribution in [1.82, 2.24) is 9.88 Å². The van der Waals surface area contributed by atoms with Gasteiger partial charge in [-0.25, -0.2) is 9.37 Å². The number of rotatable bonds is 8. The first-order valence-electron chi connectivity index (χ1n) is 13.4. The molecule has 0 saturated carbocycles. The monoisotopic (exact) mass is 506 g/mol. The third kappa shape index (κ3) is 5.57. The van der Waals surface area contributed by atoms with E-state index < -0.39 is 0 Å². The Hall–Kier alpha value is -3.19. The SMILES string of the molecule is CCCCOc1c(C)c(COc2cccc3c2CN(C(=O)C2CCOCC2)CC3)nc2ccc(F)cc12. The molecule has 0 spiro atoms. The van der Waals surface area contributed by atoms with Crippen LogP contribution in [-0.2, 0) is 29.1 Å². The highest BCUT2D eigenvalue weighted by atomic mass is 19.1. The first-order chi connectivity index (χ1) is 18.0. The zero-order chi connectivity index (χ0) is 25.8. The van der Waals surface area contributed by atoms with Gasteiger partial charge in [0, 0.05) is 48.7 Å². The summed E-state index contributed by atoms with van der Waals surface area (Å²) in [6, 6.07) is 10.7. The van der Waals surface area contributed by atoms with Gasteiger partial charge in [0.05, 0.1) is 17.8 Å². The maximum Gasteiger partial charge on any atom is 0.226 e. The van der Waals surface area contributed by atoms with Gasteiger partial charge in [-0.05, 0) is 62.4 Å². The Bertz CT molecular complexity index is 1270. The molecule has 0 unspecified atom stereocenters. The summed E-state index contributed by atoms with van der Waals surface area (Å²) in [5, 5.41) is 0.678. The van der Waals surface area contributed by atoms with Crippen LogP contribution in [0.5, 0.6) is 11.5 Å². The molecular formula is C30H35FN2O4. The van der Waals surface area contributed by atoms with Gasteiger partial charge in [-0.3, -0.25) is 4.79 Å². The molecule has 1 aromatic heterocycles. The fourth-order valence-electron chi connectivity index (χ4n) is 5.22. The van der Waals surface area contributed by atoms with Crippen LogP contribution in [0, 0.1) is 18.7 Å². The number of hydrogen-bond donors (Lipinski definition) is 0. The third-order valence-electron chi connectivity index (χ3n) is 7.45. The average molecular weight is 507 g/mol. The van der Waals surface area contributed by atoms with E-state index in [0.29, 0.717) is 43.0 Å². The molecule has 0 radical (unpaired) electrons. The molecular weight excluding hydrogens is 471 g/mol. The molecule has 1 amide bonds. The molecule has 2 aromatic carbocycles. The molecule has 6 nitrogen and oxygen atoms in total. The van der Waals surface area contributed by atoms with E-state index in [2.05, 4.69) is 13.0 Å². The predicted molar refractivity (Wildman–Crippen MR) is 140 cm³/mol. The van der Waals surface area contributed by atoms with Crippen molar-refractivity contribution in [2.45, 2.75) is 59.1 Å². The van der Waals surface area contributed by atoms with E-state index in [1.54, 1.807) is 6.07 Å². The maximum absolute atomic E-state index is 14.0. The van der Waals surface area contributed by atoms with E-state index in [1.807, 2.05) is 24.0 Å². The highest BCUT2D eigenvalue weighted by molar-refractivity contribution is 5.87. The second-order valence-electron chi connectivity index (χ2n) is 9.96. The van der Waals surface area contributed by atoms with Gasteiger partial charge in [-0.15, -0.1) is 0 Å². The van der Waals surface area contributed by atoms with Crippen LogP contribution in [0.2, 0.25) is 0 Å². The first kappa shape index (κ1) is 25.5. The summed E-state index contributed by atoms with van der Waals surface area (Å²) in [5.74, 6) is 1.39. The van der Waals surface area contributed by atoms with Gasteiger partial charge in [0.25, 0.3) is 0 Å². The van der Waals surface area contributed by atoms with E-state index in [-0.39, 0.29) is 24.2 Å². The molecule has 3 heterocycles. The van der Waals surface area contributed by atoms with Crippen molar-refractivity contribution in [1.29, 1.82) is 0 Å². The van der Waals surface area contributed by atoms with E-state index in [0.717, 1.165) is 61.2 Å². The zero-order valence-electron chi connectivity index (χ0n) is 21.7. The van der Waals surface area contributed by atoms with Crippen molar-refractivity contribution < 1.29 is 23.4 Å². The number of halogens is 1. The van der Waals surface area contributed by atoms with Crippen LogP contribution in [-0.4, -0.2) is 42.2 Å². The van der Waals surface area contributed by atoms with Gasteiger partial charge in [-0.1, -0.05) is 25.5 Å². The number of ether oxygens (including phenoxy) is 3. The van der Waals surface area contributed by atoms with Gasteiger partial charge >= 0.3 is 0 Å². The quantitative estimate of drug-likeness (QED) is 0.364. The van der Waals surface area contributed by atoms with Crippen molar-refractivity contribution >= 4 is 16.8 Å². The second-order valence-corrected chi connectivity index (χ2v) is 9.96. The third-order valence-corrected chi connectivity index (χ3v) is 7.45. The number of unbranched alkanes of at least 4 members (excludes halogenated alkanes) is 1. The Morgan fingerprint density at radius 1 is 1.19 bits per heavy atom. The number of carbonyl (C=O) groups excluding carboxylic acids is 1. The smallest absolute Gasteiger partial charge is 0.226 e. The van der Waals surface area contributed by atoms with Crippen LogP contribution in [0.1, 0.15) is 55.0 Å². The number of pyridine rings is 1. The molecule has 37 heavy (non-hydrogen) atoms. The maximum atomic E-state index is 14.0. The molecule has 0 bridgehead atoms. The Morgan fingerprint density at radius 2 is 2.03 bits per heavy atom. The summed E-state index contributed by atoms with van der Waals surface area (Å²) >= 11 is 0. The molecule has 0 aliphatic carbocycles. The fraction of sp³-hybridized carbons (Fsp3) is 0.467. The van der Waals surface area contributed by atoms with E-state index in [1.165, 1.54) is 17.7 Å². The Balaban J connectivity index is 1.37. The van der Waals surface area contributed by atoms with Crippen LogP contribution in [0.25, 0.3) is 10.9 Å². The van der Waals surface area contributed by atoms with E-state index in [9.17, 15) is 9.18 Å². The number of hydrogen-bond acceptors (Lipinski definition) is 5. The molecule has 5 rings (SSSR count). The van der Waals surface area contributed by atoms with Crippen LogP contribution in [0.3, 0.4) is 0 Å². The highest BCUT2D eigenvalue weighted by Gasteiger charge is 2.30. The Morgan fingerprint density at radius 3 is 2.84 bits per heavy atom. The number of fused-ring (bicyclic) bond motifs is 2. The lowest BCUT2D eigenvalue weighted by molar-refractivity contribution is -0.139. The zero-order valence-corrected chi connectivity index (χ0v) is 21.7. The van der Waals surface area contributed by atoms with Crippen molar-refractivity contribution in [3.63, 3.8) is 0 Å². The van der Waals surface area contributed by atoms with Gasteiger partial charge in [0.15, 0.2) is 0 Å².